The SMILES string of the molecule is CSCCC(OC(N)=O)C(=O)NCc1cccc(Cl)c1F. The van der Waals surface area contributed by atoms with Crippen LogP contribution < -0.4 is 11.1 Å². The van der Waals surface area contributed by atoms with Crippen molar-refractivity contribution in [2.75, 3.05) is 12.0 Å². The molecule has 0 fully saturated rings. The second kappa shape index (κ2) is 8.74. The van der Waals surface area contributed by atoms with Gasteiger partial charge in [-0.2, -0.15) is 11.8 Å². The van der Waals surface area contributed by atoms with Crippen LogP contribution in [0.4, 0.5) is 9.18 Å². The molecule has 0 spiro atoms. The monoisotopic (exact) mass is 334 g/mol. The predicted molar refractivity (Wildman–Crippen MR) is 80.7 cm³/mol. The molecule has 0 aliphatic heterocycles. The van der Waals surface area contributed by atoms with Crippen LogP contribution in [-0.2, 0) is 16.1 Å². The van der Waals surface area contributed by atoms with Crippen molar-refractivity contribution in [3.05, 3.63) is 34.6 Å². The van der Waals surface area contributed by atoms with E-state index in [2.05, 4.69) is 5.32 Å². The van der Waals surface area contributed by atoms with Gasteiger partial charge in [-0.05, 0) is 18.1 Å². The highest BCUT2D eigenvalue weighted by atomic mass is 35.5. The fourth-order valence-electron chi connectivity index (χ4n) is 1.59. The molecule has 0 saturated carbocycles. The van der Waals surface area contributed by atoms with Gasteiger partial charge in [0.2, 0.25) is 0 Å². The number of nitrogens with one attached hydrogen (secondary N) is 1. The number of carbonyl (C=O) groups excluding carboxylic acids is 2. The highest BCUT2D eigenvalue weighted by Crippen LogP contribution is 2.17. The molecular formula is C13H16ClFN2O3S. The van der Waals surface area contributed by atoms with Crippen molar-refractivity contribution >= 4 is 35.4 Å². The number of hydrogen-bond acceptors (Lipinski definition) is 4. The number of primary amides is 1. The lowest BCUT2D eigenvalue weighted by Crippen LogP contribution is -2.39. The van der Waals surface area contributed by atoms with Crippen LogP contribution in [0.25, 0.3) is 0 Å². The van der Waals surface area contributed by atoms with Crippen molar-refractivity contribution in [3.63, 3.8) is 0 Å². The second-order valence-electron chi connectivity index (χ2n) is 4.14. The number of halogens is 2. The summed E-state index contributed by atoms with van der Waals surface area (Å²) in [6.45, 7) is -0.0525. The van der Waals surface area contributed by atoms with Crippen LogP contribution in [-0.4, -0.2) is 30.1 Å². The second-order valence-corrected chi connectivity index (χ2v) is 5.53. The number of carbonyl (C=O) groups is 2. The number of rotatable bonds is 7. The van der Waals surface area contributed by atoms with Gasteiger partial charge in [0.05, 0.1) is 5.02 Å². The van der Waals surface area contributed by atoms with Crippen LogP contribution >= 0.6 is 23.4 Å². The molecule has 1 rings (SSSR count). The van der Waals surface area contributed by atoms with Gasteiger partial charge in [0.1, 0.15) is 5.82 Å². The van der Waals surface area contributed by atoms with Crippen LogP contribution in [0.2, 0.25) is 5.02 Å². The Hall–Kier alpha value is -1.47. The van der Waals surface area contributed by atoms with E-state index in [1.54, 1.807) is 6.07 Å². The highest BCUT2D eigenvalue weighted by molar-refractivity contribution is 7.98. The number of nitrogens with two attached hydrogens (primary N) is 1. The van der Waals surface area contributed by atoms with Gasteiger partial charge in [0.25, 0.3) is 5.91 Å². The fourth-order valence-corrected chi connectivity index (χ4v) is 2.23. The molecule has 1 unspecified atom stereocenters. The van der Waals surface area contributed by atoms with Gasteiger partial charge >= 0.3 is 6.09 Å². The molecule has 1 aromatic carbocycles. The van der Waals surface area contributed by atoms with Crippen LogP contribution in [0.3, 0.4) is 0 Å². The van der Waals surface area contributed by atoms with Crippen LogP contribution in [0.1, 0.15) is 12.0 Å². The summed E-state index contributed by atoms with van der Waals surface area (Å²) in [7, 11) is 0. The normalized spacial score (nSPS) is 11.8. The number of ether oxygens (including phenoxy) is 1. The van der Waals surface area contributed by atoms with E-state index in [1.807, 2.05) is 6.26 Å². The van der Waals surface area contributed by atoms with E-state index in [0.717, 1.165) is 0 Å². The Labute approximate surface area is 131 Å². The van der Waals surface area contributed by atoms with Crippen LogP contribution in [0, 0.1) is 5.82 Å². The Bertz CT molecular complexity index is 516. The van der Waals surface area contributed by atoms with E-state index in [4.69, 9.17) is 22.1 Å². The number of thioether (sulfide) groups is 1. The summed E-state index contributed by atoms with van der Waals surface area (Å²) in [5, 5.41) is 2.48. The Kier molecular flexibility index (Phi) is 7.31. The third-order valence-corrected chi connectivity index (χ3v) is 3.56. The smallest absolute Gasteiger partial charge is 0.405 e. The molecule has 3 N–H and O–H groups in total. The van der Waals surface area contributed by atoms with Gasteiger partial charge < -0.3 is 15.8 Å². The van der Waals surface area contributed by atoms with Crippen molar-refractivity contribution in [2.45, 2.75) is 19.1 Å². The molecule has 21 heavy (non-hydrogen) atoms. The summed E-state index contributed by atoms with van der Waals surface area (Å²) in [4.78, 5) is 22.7. The maximum absolute atomic E-state index is 13.7. The zero-order chi connectivity index (χ0) is 15.8. The van der Waals surface area contributed by atoms with E-state index >= 15 is 0 Å². The summed E-state index contributed by atoms with van der Waals surface area (Å²) in [5.41, 5.74) is 5.18. The van der Waals surface area contributed by atoms with Crippen LogP contribution in [0.5, 0.6) is 0 Å². The maximum atomic E-state index is 13.7. The molecule has 0 saturated heterocycles. The fraction of sp³-hybridized carbons (Fsp3) is 0.385. The minimum absolute atomic E-state index is 0.0194. The maximum Gasteiger partial charge on any atom is 0.405 e. The molecule has 2 amide bonds. The number of hydrogen-bond donors (Lipinski definition) is 2. The largest absolute Gasteiger partial charge is 0.436 e. The van der Waals surface area contributed by atoms with E-state index in [-0.39, 0.29) is 17.1 Å². The Morgan fingerprint density at radius 1 is 1.52 bits per heavy atom. The Morgan fingerprint density at radius 2 is 2.24 bits per heavy atom. The lowest BCUT2D eigenvalue weighted by molar-refractivity contribution is -0.129. The number of benzene rings is 1. The lowest BCUT2D eigenvalue weighted by atomic mass is 10.2. The highest BCUT2D eigenvalue weighted by Gasteiger charge is 2.21. The third kappa shape index (κ3) is 5.81. The predicted octanol–water partition coefficient (Wildman–Crippen LogP) is 2.31. The Morgan fingerprint density at radius 3 is 2.86 bits per heavy atom. The van der Waals surface area contributed by atoms with E-state index in [9.17, 15) is 14.0 Å². The lowest BCUT2D eigenvalue weighted by Gasteiger charge is -2.16. The average molecular weight is 335 g/mol. The molecule has 0 bridgehead atoms. The average Bonchev–Trinajstić information content (AvgIpc) is 2.44. The molecule has 0 aromatic heterocycles. The zero-order valence-corrected chi connectivity index (χ0v) is 13.0. The van der Waals surface area contributed by atoms with Crippen molar-refractivity contribution in [2.24, 2.45) is 5.73 Å². The van der Waals surface area contributed by atoms with E-state index in [1.165, 1.54) is 23.9 Å². The van der Waals surface area contributed by atoms with Crippen molar-refractivity contribution < 1.29 is 18.7 Å². The first-order valence-electron chi connectivity index (χ1n) is 6.11. The molecule has 0 heterocycles. The molecular weight excluding hydrogens is 319 g/mol. The summed E-state index contributed by atoms with van der Waals surface area (Å²) in [6.07, 6.45) is 0.177. The zero-order valence-electron chi connectivity index (χ0n) is 11.4. The molecule has 1 aromatic rings. The van der Waals surface area contributed by atoms with Crippen molar-refractivity contribution in [3.8, 4) is 0 Å². The molecule has 0 aliphatic rings. The van der Waals surface area contributed by atoms with Crippen molar-refractivity contribution in [1.29, 1.82) is 0 Å². The van der Waals surface area contributed by atoms with Gasteiger partial charge in [-0.1, -0.05) is 23.7 Å². The van der Waals surface area contributed by atoms with Gasteiger partial charge in [-0.15, -0.1) is 0 Å². The summed E-state index contributed by atoms with van der Waals surface area (Å²) in [6, 6.07) is 4.51. The van der Waals surface area contributed by atoms with Gasteiger partial charge in [-0.25, -0.2) is 9.18 Å². The third-order valence-electron chi connectivity index (χ3n) is 2.62. The minimum Gasteiger partial charge on any atom is -0.436 e. The molecule has 5 nitrogen and oxygen atoms in total. The summed E-state index contributed by atoms with van der Waals surface area (Å²) < 4.78 is 18.4. The first kappa shape index (κ1) is 17.6. The number of amides is 2. The van der Waals surface area contributed by atoms with E-state index < -0.39 is 23.9 Å². The molecule has 116 valence electrons. The standard InChI is InChI=1S/C13H16ClFN2O3S/c1-21-6-5-10(20-13(16)19)12(18)17-7-8-3-2-4-9(14)11(8)15/h2-4,10H,5-7H2,1H3,(H2,16,19)(H,17,18). The van der Waals surface area contributed by atoms with Crippen molar-refractivity contribution in [1.82, 2.24) is 5.32 Å². The van der Waals surface area contributed by atoms with Gasteiger partial charge in [-0.3, -0.25) is 4.79 Å². The van der Waals surface area contributed by atoms with Gasteiger partial charge in [0, 0.05) is 18.5 Å². The summed E-state index contributed by atoms with van der Waals surface area (Å²) >= 11 is 7.16. The molecule has 0 radical (unpaired) electrons. The molecule has 1 atom stereocenters. The van der Waals surface area contributed by atoms with E-state index in [0.29, 0.717) is 12.2 Å². The van der Waals surface area contributed by atoms with Gasteiger partial charge in [0.15, 0.2) is 6.10 Å². The minimum atomic E-state index is -1.02. The summed E-state index contributed by atoms with van der Waals surface area (Å²) in [5.74, 6) is -0.491. The molecule has 0 aliphatic carbocycles. The first-order chi connectivity index (χ1) is 9.95. The quantitative estimate of drug-likeness (QED) is 0.801. The first-order valence-corrected chi connectivity index (χ1v) is 7.88. The topological polar surface area (TPSA) is 81.4 Å². The Balaban J connectivity index is 2.64. The molecule has 8 heteroatoms. The van der Waals surface area contributed by atoms with Crippen LogP contribution in [0.15, 0.2) is 18.2 Å².